The maximum atomic E-state index is 12.5. The smallest absolute Gasteiger partial charge is 0.126 e. The SMILES string of the molecule is FCC(F)C[SiH2]CCCC[SiH2]CC(F)CF. The van der Waals surface area contributed by atoms with E-state index in [0.717, 1.165) is 24.9 Å². The van der Waals surface area contributed by atoms with E-state index in [0.29, 0.717) is 12.1 Å². The summed E-state index contributed by atoms with van der Waals surface area (Å²) in [6.07, 6.45) is -0.355. The van der Waals surface area contributed by atoms with Crippen molar-refractivity contribution in [3.63, 3.8) is 0 Å². The Balaban J connectivity index is 3.04. The highest BCUT2D eigenvalue weighted by molar-refractivity contribution is 6.36. The molecule has 0 aliphatic heterocycles. The first-order chi connectivity index (χ1) is 7.70. The number of halogens is 4. The van der Waals surface area contributed by atoms with E-state index in [9.17, 15) is 17.6 Å². The molecule has 0 saturated heterocycles. The highest BCUT2D eigenvalue weighted by Gasteiger charge is 2.06. The molecular formula is C10H22F4Si2. The summed E-state index contributed by atoms with van der Waals surface area (Å²) in [5.41, 5.74) is 0. The van der Waals surface area contributed by atoms with Gasteiger partial charge in [0, 0.05) is 19.0 Å². The molecule has 0 heterocycles. The minimum Gasteiger partial charge on any atom is -0.248 e. The van der Waals surface area contributed by atoms with Gasteiger partial charge in [0.25, 0.3) is 0 Å². The summed E-state index contributed by atoms with van der Waals surface area (Å²) in [7, 11) is -0.870. The first kappa shape index (κ1) is 16.2. The maximum absolute atomic E-state index is 12.5. The van der Waals surface area contributed by atoms with Gasteiger partial charge in [0.05, 0.1) is 0 Å². The molecule has 2 atom stereocenters. The Kier molecular flexibility index (Phi) is 11.7. The van der Waals surface area contributed by atoms with Crippen LogP contribution >= 0.6 is 0 Å². The Bertz CT molecular complexity index is 133. The van der Waals surface area contributed by atoms with E-state index in [1.54, 1.807) is 0 Å². The molecule has 0 radical (unpaired) electrons. The van der Waals surface area contributed by atoms with E-state index in [4.69, 9.17) is 0 Å². The van der Waals surface area contributed by atoms with Gasteiger partial charge in [-0.3, -0.25) is 0 Å². The molecule has 0 bridgehead atoms. The second kappa shape index (κ2) is 11.6. The van der Waals surface area contributed by atoms with Crippen LogP contribution in [0.3, 0.4) is 0 Å². The van der Waals surface area contributed by atoms with E-state index in [2.05, 4.69) is 0 Å². The molecule has 0 nitrogen and oxygen atoms in total. The van der Waals surface area contributed by atoms with E-state index < -0.39 is 44.7 Å². The summed E-state index contributed by atoms with van der Waals surface area (Å²) in [5, 5.41) is 0. The van der Waals surface area contributed by atoms with Crippen molar-refractivity contribution < 1.29 is 17.6 Å². The van der Waals surface area contributed by atoms with Gasteiger partial charge in [-0.25, -0.2) is 17.6 Å². The van der Waals surface area contributed by atoms with Crippen LogP contribution in [0, 0.1) is 0 Å². The monoisotopic (exact) mass is 274 g/mol. The Hall–Kier alpha value is 0.154. The fourth-order valence-corrected chi connectivity index (χ4v) is 4.78. The van der Waals surface area contributed by atoms with Crippen LogP contribution in [0.5, 0.6) is 0 Å². The molecule has 0 aliphatic rings. The van der Waals surface area contributed by atoms with Gasteiger partial charge >= 0.3 is 0 Å². The molecule has 0 amide bonds. The zero-order chi connectivity index (χ0) is 12.2. The summed E-state index contributed by atoms with van der Waals surface area (Å²) in [4.78, 5) is 0. The number of rotatable bonds is 11. The molecular weight excluding hydrogens is 252 g/mol. The van der Waals surface area contributed by atoms with Crippen molar-refractivity contribution in [2.75, 3.05) is 13.3 Å². The fourth-order valence-electron chi connectivity index (χ4n) is 1.59. The lowest BCUT2D eigenvalue weighted by molar-refractivity contribution is 0.280. The molecule has 0 rings (SSSR count). The van der Waals surface area contributed by atoms with E-state index >= 15 is 0 Å². The van der Waals surface area contributed by atoms with Crippen LogP contribution in [0.25, 0.3) is 0 Å². The van der Waals surface area contributed by atoms with Crippen molar-refractivity contribution >= 4 is 19.0 Å². The molecule has 0 aromatic rings. The highest BCUT2D eigenvalue weighted by Crippen LogP contribution is 2.07. The second-order valence-corrected chi connectivity index (χ2v) is 8.18. The normalized spacial score (nSPS) is 16.5. The summed E-state index contributed by atoms with van der Waals surface area (Å²) in [6.45, 7) is -1.69. The number of hydrogen-bond donors (Lipinski definition) is 0. The van der Waals surface area contributed by atoms with Gasteiger partial charge < -0.3 is 0 Å². The first-order valence-electron chi connectivity index (χ1n) is 6.10. The molecule has 16 heavy (non-hydrogen) atoms. The largest absolute Gasteiger partial charge is 0.248 e. The molecule has 0 saturated carbocycles. The lowest BCUT2D eigenvalue weighted by atomic mass is 10.4. The fraction of sp³-hybridized carbons (Fsp3) is 1.00. The van der Waals surface area contributed by atoms with Crippen LogP contribution in [-0.2, 0) is 0 Å². The summed E-state index contributed by atoms with van der Waals surface area (Å²) in [6, 6.07) is 3.00. The number of alkyl halides is 4. The number of hydrogen-bond acceptors (Lipinski definition) is 0. The van der Waals surface area contributed by atoms with Crippen molar-refractivity contribution in [1.29, 1.82) is 0 Å². The van der Waals surface area contributed by atoms with Gasteiger partial charge in [-0.2, -0.15) is 0 Å². The van der Waals surface area contributed by atoms with Crippen molar-refractivity contribution in [2.45, 2.75) is 49.4 Å². The molecule has 0 aromatic carbocycles. The van der Waals surface area contributed by atoms with Crippen LogP contribution in [0.4, 0.5) is 17.6 Å². The van der Waals surface area contributed by atoms with Crippen molar-refractivity contribution in [3.8, 4) is 0 Å². The minimum absolute atomic E-state index is 0.435. The van der Waals surface area contributed by atoms with Gasteiger partial charge in [0.15, 0.2) is 0 Å². The minimum atomic E-state index is -1.24. The molecule has 98 valence electrons. The van der Waals surface area contributed by atoms with Gasteiger partial charge in [-0.1, -0.05) is 24.9 Å². The molecule has 0 aromatic heterocycles. The standard InChI is InChI=1S/C10H22F4Si2/c11-5-9(13)7-15-3-1-2-4-16-8-10(14)6-12/h9-10H,1-8,15-16H2. The zero-order valence-corrected chi connectivity index (χ0v) is 12.6. The topological polar surface area (TPSA) is 0 Å². The highest BCUT2D eigenvalue weighted by atomic mass is 28.2. The summed E-state index contributed by atoms with van der Waals surface area (Å²) < 4.78 is 48.5. The third kappa shape index (κ3) is 10.7. The second-order valence-electron chi connectivity index (χ2n) is 4.20. The molecule has 0 aliphatic carbocycles. The van der Waals surface area contributed by atoms with Crippen LogP contribution < -0.4 is 0 Å². The Labute approximate surface area is 99.8 Å². The maximum Gasteiger partial charge on any atom is 0.126 e. The molecule has 0 fully saturated rings. The van der Waals surface area contributed by atoms with E-state index in [-0.39, 0.29) is 0 Å². The predicted octanol–water partition coefficient (Wildman–Crippen LogP) is 2.39. The predicted molar refractivity (Wildman–Crippen MR) is 67.3 cm³/mol. The lowest BCUT2D eigenvalue weighted by Gasteiger charge is -2.04. The zero-order valence-electron chi connectivity index (χ0n) is 9.74. The van der Waals surface area contributed by atoms with Crippen molar-refractivity contribution in [1.82, 2.24) is 0 Å². The van der Waals surface area contributed by atoms with Gasteiger partial charge in [0.2, 0.25) is 0 Å². The Morgan fingerprint density at radius 3 is 1.44 bits per heavy atom. The van der Waals surface area contributed by atoms with Gasteiger partial charge in [-0.15, -0.1) is 0 Å². The van der Waals surface area contributed by atoms with Gasteiger partial charge in [-0.05, 0) is 12.1 Å². The van der Waals surface area contributed by atoms with Crippen LogP contribution in [0.2, 0.25) is 24.2 Å². The van der Waals surface area contributed by atoms with Gasteiger partial charge in [0.1, 0.15) is 25.7 Å². The molecule has 6 heteroatoms. The quantitative estimate of drug-likeness (QED) is 0.308. The van der Waals surface area contributed by atoms with E-state index in [1.165, 1.54) is 0 Å². The average molecular weight is 274 g/mol. The average Bonchev–Trinajstić information content (AvgIpc) is 2.31. The van der Waals surface area contributed by atoms with Crippen molar-refractivity contribution in [2.24, 2.45) is 0 Å². The summed E-state index contributed by atoms with van der Waals surface area (Å²) in [5.74, 6) is 0. The Morgan fingerprint density at radius 2 is 1.12 bits per heavy atom. The molecule has 2 unspecified atom stereocenters. The number of unbranched alkanes of at least 4 members (excludes halogenated alkanes) is 1. The van der Waals surface area contributed by atoms with Crippen molar-refractivity contribution in [3.05, 3.63) is 0 Å². The third-order valence-electron chi connectivity index (χ3n) is 2.62. The van der Waals surface area contributed by atoms with Crippen LogP contribution in [-0.4, -0.2) is 44.7 Å². The first-order valence-corrected chi connectivity index (χ1v) is 10.1. The van der Waals surface area contributed by atoms with Crippen LogP contribution in [0.1, 0.15) is 12.8 Å². The summed E-state index contributed by atoms with van der Waals surface area (Å²) >= 11 is 0. The van der Waals surface area contributed by atoms with Crippen LogP contribution in [0.15, 0.2) is 0 Å². The molecule has 0 N–H and O–H groups in total. The lowest BCUT2D eigenvalue weighted by Crippen LogP contribution is -2.07. The third-order valence-corrected chi connectivity index (χ3v) is 6.69. The Morgan fingerprint density at radius 1 is 0.750 bits per heavy atom. The molecule has 0 spiro atoms. The van der Waals surface area contributed by atoms with E-state index in [1.807, 2.05) is 0 Å².